The van der Waals surface area contributed by atoms with Gasteiger partial charge in [-0.25, -0.2) is 5.43 Å². The van der Waals surface area contributed by atoms with Crippen LogP contribution in [0.2, 0.25) is 10.0 Å². The largest absolute Gasteiger partial charge is 0.493 e. The summed E-state index contributed by atoms with van der Waals surface area (Å²) in [6.07, 6.45) is 0.739. The van der Waals surface area contributed by atoms with Crippen molar-refractivity contribution in [3.05, 3.63) is 91.9 Å². The SMILES string of the molecule is COc1cc(/C=N\NC(=O)[C@H](OC)c2ccccc2)cc(Br)c1OCc1ccc(Cl)cc1Cl. The van der Waals surface area contributed by atoms with Gasteiger partial charge in [0.1, 0.15) is 6.61 Å². The number of carbonyl (C=O) groups is 1. The molecular weight excluding hydrogens is 531 g/mol. The van der Waals surface area contributed by atoms with E-state index in [0.717, 1.165) is 11.1 Å². The molecule has 0 spiro atoms. The summed E-state index contributed by atoms with van der Waals surface area (Å²) in [5.41, 5.74) is 4.71. The zero-order valence-corrected chi connectivity index (χ0v) is 20.9. The minimum Gasteiger partial charge on any atom is -0.493 e. The van der Waals surface area contributed by atoms with Crippen molar-refractivity contribution in [3.8, 4) is 11.5 Å². The quantitative estimate of drug-likeness (QED) is 0.254. The van der Waals surface area contributed by atoms with Gasteiger partial charge in [0.15, 0.2) is 17.6 Å². The van der Waals surface area contributed by atoms with Gasteiger partial charge in [0.2, 0.25) is 0 Å². The fraction of sp³-hybridized carbons (Fsp3) is 0.167. The van der Waals surface area contributed by atoms with Gasteiger partial charge >= 0.3 is 0 Å². The van der Waals surface area contributed by atoms with Crippen LogP contribution in [0.15, 0.2) is 70.2 Å². The highest BCUT2D eigenvalue weighted by atomic mass is 79.9. The number of rotatable bonds is 9. The number of hydrogen-bond acceptors (Lipinski definition) is 5. The Bertz CT molecular complexity index is 1140. The van der Waals surface area contributed by atoms with E-state index in [9.17, 15) is 4.79 Å². The molecular formula is C24H21BrCl2N2O4. The lowest BCUT2D eigenvalue weighted by Crippen LogP contribution is -2.26. The lowest BCUT2D eigenvalue weighted by molar-refractivity contribution is -0.131. The summed E-state index contributed by atoms with van der Waals surface area (Å²) in [6.45, 7) is 0.229. The molecule has 3 aromatic rings. The van der Waals surface area contributed by atoms with Gasteiger partial charge in [-0.1, -0.05) is 59.6 Å². The van der Waals surface area contributed by atoms with Crippen molar-refractivity contribution >= 4 is 51.3 Å². The first-order valence-electron chi connectivity index (χ1n) is 9.77. The third kappa shape index (κ3) is 6.71. The van der Waals surface area contributed by atoms with Crippen LogP contribution in [0, 0.1) is 0 Å². The zero-order valence-electron chi connectivity index (χ0n) is 17.8. The smallest absolute Gasteiger partial charge is 0.273 e. The van der Waals surface area contributed by atoms with Crippen LogP contribution in [0.5, 0.6) is 11.5 Å². The van der Waals surface area contributed by atoms with Crippen LogP contribution in [-0.2, 0) is 16.1 Å². The maximum atomic E-state index is 12.5. The third-order valence-electron chi connectivity index (χ3n) is 4.60. The monoisotopic (exact) mass is 550 g/mol. The highest BCUT2D eigenvalue weighted by Crippen LogP contribution is 2.37. The number of ether oxygens (including phenoxy) is 3. The minimum atomic E-state index is -0.764. The summed E-state index contributed by atoms with van der Waals surface area (Å²) in [7, 11) is 3.01. The van der Waals surface area contributed by atoms with Crippen molar-refractivity contribution in [1.82, 2.24) is 5.43 Å². The van der Waals surface area contributed by atoms with Gasteiger partial charge in [0.25, 0.3) is 5.91 Å². The molecule has 0 fully saturated rings. The summed E-state index contributed by atoms with van der Waals surface area (Å²) < 4.78 is 17.4. The van der Waals surface area contributed by atoms with Gasteiger partial charge < -0.3 is 14.2 Å². The molecule has 1 N–H and O–H groups in total. The second-order valence-corrected chi connectivity index (χ2v) is 8.52. The van der Waals surface area contributed by atoms with Crippen LogP contribution in [-0.4, -0.2) is 26.3 Å². The number of halogens is 3. The van der Waals surface area contributed by atoms with Crippen LogP contribution in [0.25, 0.3) is 0 Å². The lowest BCUT2D eigenvalue weighted by Gasteiger charge is -2.14. The van der Waals surface area contributed by atoms with Crippen molar-refractivity contribution in [3.63, 3.8) is 0 Å². The molecule has 172 valence electrons. The topological polar surface area (TPSA) is 69.2 Å². The summed E-state index contributed by atoms with van der Waals surface area (Å²) >= 11 is 15.7. The van der Waals surface area contributed by atoms with E-state index in [0.29, 0.717) is 31.6 Å². The third-order valence-corrected chi connectivity index (χ3v) is 5.78. The summed E-state index contributed by atoms with van der Waals surface area (Å²) in [5, 5.41) is 5.11. The van der Waals surface area contributed by atoms with Crippen molar-refractivity contribution < 1.29 is 19.0 Å². The number of amides is 1. The molecule has 0 aliphatic carbocycles. The van der Waals surface area contributed by atoms with E-state index < -0.39 is 6.10 Å². The van der Waals surface area contributed by atoms with E-state index in [2.05, 4.69) is 26.5 Å². The Hall–Kier alpha value is -2.58. The van der Waals surface area contributed by atoms with E-state index in [1.807, 2.05) is 30.3 Å². The van der Waals surface area contributed by atoms with Crippen LogP contribution >= 0.6 is 39.1 Å². The zero-order chi connectivity index (χ0) is 23.8. The Morgan fingerprint density at radius 1 is 1.12 bits per heavy atom. The predicted octanol–water partition coefficient (Wildman–Crippen LogP) is 6.18. The molecule has 1 atom stereocenters. The Labute approximate surface area is 210 Å². The molecule has 0 heterocycles. The van der Waals surface area contributed by atoms with E-state index in [1.54, 1.807) is 30.3 Å². The number of nitrogens with one attached hydrogen (secondary N) is 1. The van der Waals surface area contributed by atoms with Gasteiger partial charge in [-0.15, -0.1) is 0 Å². The molecule has 0 aromatic heterocycles. The Kier molecular flexibility index (Phi) is 9.14. The first-order valence-corrected chi connectivity index (χ1v) is 11.3. The van der Waals surface area contributed by atoms with Crippen molar-refractivity contribution in [2.75, 3.05) is 14.2 Å². The molecule has 0 aliphatic heterocycles. The summed E-state index contributed by atoms with van der Waals surface area (Å²) in [6, 6.07) is 17.9. The second-order valence-electron chi connectivity index (χ2n) is 6.82. The van der Waals surface area contributed by atoms with E-state index in [4.69, 9.17) is 37.4 Å². The van der Waals surface area contributed by atoms with Gasteiger partial charge in [0.05, 0.1) is 17.8 Å². The van der Waals surface area contributed by atoms with Crippen molar-refractivity contribution in [1.29, 1.82) is 0 Å². The number of hydrogen-bond donors (Lipinski definition) is 1. The fourth-order valence-corrected chi connectivity index (χ4v) is 4.03. The predicted molar refractivity (Wildman–Crippen MR) is 133 cm³/mol. The van der Waals surface area contributed by atoms with E-state index in [1.165, 1.54) is 20.4 Å². The first kappa shape index (κ1) is 25.1. The Balaban J connectivity index is 1.69. The van der Waals surface area contributed by atoms with Crippen LogP contribution in [0.1, 0.15) is 22.8 Å². The van der Waals surface area contributed by atoms with Gasteiger partial charge in [-0.05, 0) is 51.3 Å². The van der Waals surface area contributed by atoms with Crippen molar-refractivity contribution in [2.24, 2.45) is 5.10 Å². The maximum Gasteiger partial charge on any atom is 0.273 e. The highest BCUT2D eigenvalue weighted by molar-refractivity contribution is 9.10. The van der Waals surface area contributed by atoms with Crippen LogP contribution in [0.3, 0.4) is 0 Å². The standard InChI is InChI=1S/C24H21BrCl2N2O4/c1-31-21-11-15(13-28-29-24(30)22(32-2)16-6-4-3-5-7-16)10-19(25)23(21)33-14-17-8-9-18(26)12-20(17)27/h3-13,22H,14H2,1-2H3,(H,29,30)/b28-13-/t22-/m1/s1. The molecule has 0 saturated heterocycles. The molecule has 0 saturated carbocycles. The van der Waals surface area contributed by atoms with Gasteiger partial charge in [-0.3, -0.25) is 4.79 Å². The molecule has 9 heteroatoms. The van der Waals surface area contributed by atoms with E-state index >= 15 is 0 Å². The molecule has 1 amide bonds. The summed E-state index contributed by atoms with van der Waals surface area (Å²) in [5.74, 6) is 0.611. The molecule has 6 nitrogen and oxygen atoms in total. The van der Waals surface area contributed by atoms with Crippen molar-refractivity contribution in [2.45, 2.75) is 12.7 Å². The molecule has 33 heavy (non-hydrogen) atoms. The highest BCUT2D eigenvalue weighted by Gasteiger charge is 2.19. The minimum absolute atomic E-state index is 0.229. The Morgan fingerprint density at radius 2 is 1.88 bits per heavy atom. The van der Waals surface area contributed by atoms with Gasteiger partial charge in [0, 0.05) is 22.7 Å². The second kappa shape index (κ2) is 12.0. The molecule has 0 bridgehead atoms. The lowest BCUT2D eigenvalue weighted by atomic mass is 10.1. The average Bonchev–Trinajstić information content (AvgIpc) is 2.80. The normalized spacial score (nSPS) is 11.9. The molecule has 3 rings (SSSR count). The summed E-state index contributed by atoms with van der Waals surface area (Å²) in [4.78, 5) is 12.5. The van der Waals surface area contributed by atoms with Crippen LogP contribution in [0.4, 0.5) is 0 Å². The number of methoxy groups -OCH3 is 2. The fourth-order valence-electron chi connectivity index (χ4n) is 2.99. The van der Waals surface area contributed by atoms with Crippen LogP contribution < -0.4 is 14.9 Å². The van der Waals surface area contributed by atoms with E-state index in [-0.39, 0.29) is 12.5 Å². The first-order chi connectivity index (χ1) is 15.9. The molecule has 3 aromatic carbocycles. The number of benzene rings is 3. The number of carbonyl (C=O) groups excluding carboxylic acids is 1. The van der Waals surface area contributed by atoms with Gasteiger partial charge in [-0.2, -0.15) is 5.10 Å². The molecule has 0 aliphatic rings. The Morgan fingerprint density at radius 3 is 2.55 bits per heavy atom. The number of nitrogens with zero attached hydrogens (tertiary/aromatic N) is 1. The maximum absolute atomic E-state index is 12.5. The average molecular weight is 552 g/mol. The number of hydrazone groups is 1. The molecule has 0 radical (unpaired) electrons. The molecule has 0 unspecified atom stereocenters.